The van der Waals surface area contributed by atoms with E-state index in [9.17, 15) is 19.5 Å². The van der Waals surface area contributed by atoms with Crippen molar-refractivity contribution in [2.45, 2.75) is 119 Å². The second-order valence-corrected chi connectivity index (χ2v) is 15.9. The van der Waals surface area contributed by atoms with E-state index in [-0.39, 0.29) is 52.1 Å². The van der Waals surface area contributed by atoms with E-state index < -0.39 is 11.4 Å². The van der Waals surface area contributed by atoms with Gasteiger partial charge in [0, 0.05) is 12.3 Å². The Morgan fingerprint density at radius 1 is 0.850 bits per heavy atom. The van der Waals surface area contributed by atoms with Crippen LogP contribution in [0, 0.1) is 56.7 Å². The summed E-state index contributed by atoms with van der Waals surface area (Å²) in [7, 11) is 0. The van der Waals surface area contributed by atoms with Crippen LogP contribution < -0.4 is 5.32 Å². The Morgan fingerprint density at radius 2 is 1.55 bits per heavy atom. The number of carboxylic acids is 1. The first-order chi connectivity index (χ1) is 18.5. The average molecular weight is 556 g/mol. The maximum absolute atomic E-state index is 13.8. The minimum Gasteiger partial charge on any atom is -0.480 e. The molecular weight excluding hydrogens is 502 g/mol. The zero-order valence-corrected chi connectivity index (χ0v) is 26.0. The Labute approximate surface area is 241 Å². The SMILES string of the molecule is C=C(C)[C@@H]1CC[C@]2(C(=O)NCC(=O)O)CC[C@]3(C)[C@H](CCC4[C@@]5(C)CC[C@H](OC(C)=O)C(C)(C)[C@@H]5CC[C@]43C)[C@@H]12. The largest absolute Gasteiger partial charge is 0.480 e. The molecule has 0 radical (unpaired) electrons. The van der Waals surface area contributed by atoms with E-state index in [0.29, 0.717) is 23.7 Å². The molecule has 6 nitrogen and oxygen atoms in total. The van der Waals surface area contributed by atoms with Crippen LogP contribution in [-0.4, -0.2) is 35.6 Å². The fourth-order valence-electron chi connectivity index (χ4n) is 12.3. The molecule has 1 unspecified atom stereocenters. The van der Waals surface area contributed by atoms with E-state index in [1.54, 1.807) is 0 Å². The van der Waals surface area contributed by atoms with Gasteiger partial charge in [0.05, 0.1) is 5.41 Å². The third kappa shape index (κ3) is 3.96. The van der Waals surface area contributed by atoms with Crippen molar-refractivity contribution in [1.29, 1.82) is 0 Å². The highest BCUT2D eigenvalue weighted by molar-refractivity contribution is 5.86. The minimum atomic E-state index is -0.985. The number of carboxylic acid groups (broad SMARTS) is 1. The van der Waals surface area contributed by atoms with Crippen LogP contribution in [0.15, 0.2) is 12.2 Å². The lowest BCUT2D eigenvalue weighted by Crippen LogP contribution is -2.67. The fraction of sp³-hybridized carbons (Fsp3) is 0.853. The second kappa shape index (κ2) is 9.59. The summed E-state index contributed by atoms with van der Waals surface area (Å²) < 4.78 is 5.90. The summed E-state index contributed by atoms with van der Waals surface area (Å²) in [5.41, 5.74) is 1.10. The van der Waals surface area contributed by atoms with Crippen LogP contribution in [0.5, 0.6) is 0 Å². The first-order valence-corrected chi connectivity index (χ1v) is 15.9. The van der Waals surface area contributed by atoms with Crippen LogP contribution in [0.25, 0.3) is 0 Å². The third-order valence-corrected chi connectivity index (χ3v) is 14.2. The van der Waals surface area contributed by atoms with Gasteiger partial charge in [0.2, 0.25) is 5.91 Å². The van der Waals surface area contributed by atoms with Gasteiger partial charge in [-0.05, 0) is 117 Å². The van der Waals surface area contributed by atoms with Crippen molar-refractivity contribution < 1.29 is 24.2 Å². The average Bonchev–Trinajstić information content (AvgIpc) is 3.26. The van der Waals surface area contributed by atoms with E-state index in [2.05, 4.69) is 53.4 Å². The lowest BCUT2D eigenvalue weighted by molar-refractivity contribution is -0.248. The molecule has 5 rings (SSSR count). The molecule has 5 aliphatic rings. The molecule has 5 saturated carbocycles. The number of hydrogen-bond donors (Lipinski definition) is 2. The molecule has 0 aromatic heterocycles. The maximum Gasteiger partial charge on any atom is 0.322 e. The van der Waals surface area contributed by atoms with Crippen molar-refractivity contribution in [3.8, 4) is 0 Å². The highest BCUT2D eigenvalue weighted by Gasteiger charge is 2.72. The molecular formula is C34H53NO5. The summed E-state index contributed by atoms with van der Waals surface area (Å²) in [5.74, 6) is 0.859. The summed E-state index contributed by atoms with van der Waals surface area (Å²) in [4.78, 5) is 37.1. The molecule has 5 fully saturated rings. The molecule has 40 heavy (non-hydrogen) atoms. The number of esters is 1. The van der Waals surface area contributed by atoms with E-state index >= 15 is 0 Å². The number of nitrogens with one attached hydrogen (secondary N) is 1. The van der Waals surface area contributed by atoms with E-state index in [1.165, 1.54) is 25.3 Å². The van der Waals surface area contributed by atoms with Gasteiger partial charge in [-0.25, -0.2) is 0 Å². The monoisotopic (exact) mass is 555 g/mol. The topological polar surface area (TPSA) is 92.7 Å². The Bertz CT molecular complexity index is 1100. The van der Waals surface area contributed by atoms with Gasteiger partial charge >= 0.3 is 11.9 Å². The van der Waals surface area contributed by atoms with Gasteiger partial charge < -0.3 is 15.2 Å². The van der Waals surface area contributed by atoms with Crippen molar-refractivity contribution >= 4 is 17.8 Å². The van der Waals surface area contributed by atoms with Crippen molar-refractivity contribution in [3.63, 3.8) is 0 Å². The Balaban J connectivity index is 1.50. The number of amides is 1. The van der Waals surface area contributed by atoms with Crippen molar-refractivity contribution in [3.05, 3.63) is 12.2 Å². The third-order valence-electron chi connectivity index (χ3n) is 14.2. The summed E-state index contributed by atoms with van der Waals surface area (Å²) in [6, 6.07) is 0. The van der Waals surface area contributed by atoms with Gasteiger partial charge in [0.1, 0.15) is 12.6 Å². The number of carbonyl (C=O) groups is 3. The molecule has 10 atom stereocenters. The van der Waals surface area contributed by atoms with Crippen LogP contribution in [-0.2, 0) is 19.1 Å². The molecule has 0 spiro atoms. The number of hydrogen-bond acceptors (Lipinski definition) is 4. The van der Waals surface area contributed by atoms with Gasteiger partial charge in [-0.3, -0.25) is 14.4 Å². The second-order valence-electron chi connectivity index (χ2n) is 15.9. The lowest BCUT2D eigenvalue weighted by Gasteiger charge is -2.72. The number of allylic oxidation sites excluding steroid dienone is 1. The lowest BCUT2D eigenvalue weighted by atomic mass is 9.32. The molecule has 0 aromatic carbocycles. The molecule has 1 amide bonds. The smallest absolute Gasteiger partial charge is 0.322 e. The molecule has 5 aliphatic carbocycles. The predicted octanol–water partition coefficient (Wildman–Crippen LogP) is 6.78. The molecule has 224 valence electrons. The summed E-state index contributed by atoms with van der Waals surface area (Å²) in [6.45, 7) is 20.1. The fourth-order valence-corrected chi connectivity index (χ4v) is 12.3. The maximum atomic E-state index is 13.8. The van der Waals surface area contributed by atoms with Crippen molar-refractivity contribution in [2.24, 2.45) is 56.7 Å². The molecule has 0 aliphatic heterocycles. The van der Waals surface area contributed by atoms with Gasteiger partial charge in [-0.15, -0.1) is 0 Å². The Hall–Kier alpha value is -1.85. The molecule has 0 bridgehead atoms. The van der Waals surface area contributed by atoms with Gasteiger partial charge in [0.25, 0.3) is 0 Å². The highest BCUT2D eigenvalue weighted by atomic mass is 16.5. The number of fused-ring (bicyclic) bond motifs is 7. The van der Waals surface area contributed by atoms with Crippen LogP contribution in [0.4, 0.5) is 0 Å². The summed E-state index contributed by atoms with van der Waals surface area (Å²) >= 11 is 0. The van der Waals surface area contributed by atoms with E-state index in [0.717, 1.165) is 51.4 Å². The zero-order chi connectivity index (χ0) is 29.5. The quantitative estimate of drug-likeness (QED) is 0.288. The van der Waals surface area contributed by atoms with Gasteiger partial charge in [0.15, 0.2) is 0 Å². The molecule has 0 heterocycles. The molecule has 2 N–H and O–H groups in total. The number of aliphatic carboxylic acids is 1. The molecule has 0 aromatic rings. The van der Waals surface area contributed by atoms with Crippen LogP contribution >= 0.6 is 0 Å². The first-order valence-electron chi connectivity index (χ1n) is 15.9. The number of ether oxygens (including phenoxy) is 1. The summed E-state index contributed by atoms with van der Waals surface area (Å²) in [5, 5.41) is 12.1. The summed E-state index contributed by atoms with van der Waals surface area (Å²) in [6.07, 6.45) is 10.3. The Morgan fingerprint density at radius 3 is 2.17 bits per heavy atom. The standard InChI is InChI=1S/C34H53NO5/c1-20(2)22-11-16-34(29(39)35-19-27(37)38)18-17-32(7)23(28(22)34)9-10-25-31(6)14-13-26(40-21(3)36)30(4,5)24(31)12-15-33(25,32)8/h22-26,28H,1,9-19H2,2-8H3,(H,35,39)(H,37,38)/t22-,23+,24-,25?,26-,28+,31-,32+,33+,34-/m0/s1. The first kappa shape index (κ1) is 29.6. The van der Waals surface area contributed by atoms with Gasteiger partial charge in [-0.1, -0.05) is 46.8 Å². The number of carbonyl (C=O) groups excluding carboxylic acids is 2. The van der Waals surface area contributed by atoms with E-state index in [4.69, 9.17) is 4.74 Å². The van der Waals surface area contributed by atoms with Crippen LogP contribution in [0.3, 0.4) is 0 Å². The van der Waals surface area contributed by atoms with Gasteiger partial charge in [-0.2, -0.15) is 0 Å². The number of rotatable bonds is 5. The highest BCUT2D eigenvalue weighted by Crippen LogP contribution is 2.77. The van der Waals surface area contributed by atoms with E-state index in [1.807, 2.05) is 0 Å². The minimum absolute atomic E-state index is 0.0196. The van der Waals surface area contributed by atoms with Crippen molar-refractivity contribution in [2.75, 3.05) is 6.54 Å². The predicted molar refractivity (Wildman–Crippen MR) is 155 cm³/mol. The van der Waals surface area contributed by atoms with Crippen molar-refractivity contribution in [1.82, 2.24) is 5.32 Å². The normalized spacial score (nSPS) is 47.1. The van der Waals surface area contributed by atoms with Crippen LogP contribution in [0.2, 0.25) is 0 Å². The molecule has 6 heteroatoms. The molecule has 0 saturated heterocycles. The Kier molecular flexibility index (Phi) is 7.11. The zero-order valence-electron chi connectivity index (χ0n) is 26.0. The van der Waals surface area contributed by atoms with Crippen LogP contribution in [0.1, 0.15) is 113 Å².